The number of amides is 1. The SMILES string of the molecule is CCN(CC)C(=O)CC(CN)N(CC)CCCN(C)C. The van der Waals surface area contributed by atoms with Crippen molar-refractivity contribution in [2.24, 2.45) is 5.73 Å². The van der Waals surface area contributed by atoms with Crippen LogP contribution in [-0.2, 0) is 4.79 Å². The quantitative estimate of drug-likeness (QED) is 0.612. The van der Waals surface area contributed by atoms with Gasteiger partial charge < -0.3 is 15.5 Å². The molecule has 0 bridgehead atoms. The van der Waals surface area contributed by atoms with Crippen LogP contribution < -0.4 is 5.73 Å². The van der Waals surface area contributed by atoms with E-state index in [9.17, 15) is 4.79 Å². The van der Waals surface area contributed by atoms with Crippen molar-refractivity contribution < 1.29 is 4.79 Å². The van der Waals surface area contributed by atoms with Crippen molar-refractivity contribution in [1.29, 1.82) is 0 Å². The third-order valence-corrected chi connectivity index (χ3v) is 3.77. The molecule has 5 heteroatoms. The molecule has 0 aromatic carbocycles. The van der Waals surface area contributed by atoms with Gasteiger partial charge in [-0.2, -0.15) is 0 Å². The Labute approximate surface area is 125 Å². The summed E-state index contributed by atoms with van der Waals surface area (Å²) in [4.78, 5) is 18.6. The molecule has 0 rings (SSSR count). The number of rotatable bonds is 11. The Bertz CT molecular complexity index is 254. The van der Waals surface area contributed by atoms with E-state index in [1.54, 1.807) is 0 Å². The third kappa shape index (κ3) is 7.22. The molecule has 0 aromatic rings. The predicted octanol–water partition coefficient (Wildman–Crippen LogP) is 0.846. The predicted molar refractivity (Wildman–Crippen MR) is 85.8 cm³/mol. The summed E-state index contributed by atoms with van der Waals surface area (Å²) in [5.41, 5.74) is 5.89. The zero-order chi connectivity index (χ0) is 15.5. The van der Waals surface area contributed by atoms with Crippen LogP contribution in [0.2, 0.25) is 0 Å². The van der Waals surface area contributed by atoms with Crippen LogP contribution in [0.1, 0.15) is 33.6 Å². The zero-order valence-electron chi connectivity index (χ0n) is 14.1. The van der Waals surface area contributed by atoms with E-state index in [0.29, 0.717) is 13.0 Å². The molecule has 0 aromatic heterocycles. The van der Waals surface area contributed by atoms with Crippen molar-refractivity contribution in [3.05, 3.63) is 0 Å². The Morgan fingerprint density at radius 2 is 1.65 bits per heavy atom. The number of hydrogen-bond donors (Lipinski definition) is 1. The molecule has 0 aliphatic carbocycles. The molecule has 20 heavy (non-hydrogen) atoms. The zero-order valence-corrected chi connectivity index (χ0v) is 14.1. The highest BCUT2D eigenvalue weighted by Crippen LogP contribution is 2.07. The Balaban J connectivity index is 4.41. The first-order chi connectivity index (χ1) is 9.49. The maximum absolute atomic E-state index is 12.2. The average molecular weight is 286 g/mol. The molecule has 120 valence electrons. The molecule has 1 atom stereocenters. The van der Waals surface area contributed by atoms with Gasteiger partial charge >= 0.3 is 0 Å². The molecule has 1 unspecified atom stereocenters. The van der Waals surface area contributed by atoms with Gasteiger partial charge in [0, 0.05) is 32.1 Å². The lowest BCUT2D eigenvalue weighted by atomic mass is 10.1. The van der Waals surface area contributed by atoms with Gasteiger partial charge in [0.1, 0.15) is 0 Å². The van der Waals surface area contributed by atoms with Gasteiger partial charge in [-0.05, 0) is 54.0 Å². The van der Waals surface area contributed by atoms with E-state index in [1.165, 1.54) is 0 Å². The summed E-state index contributed by atoms with van der Waals surface area (Å²) >= 11 is 0. The Morgan fingerprint density at radius 3 is 2.05 bits per heavy atom. The standard InChI is InChI=1S/C15H34N4O/c1-6-18(7-2)15(20)12-14(13-16)19(8-3)11-9-10-17(4)5/h14H,6-13,16H2,1-5H3. The molecule has 0 heterocycles. The minimum Gasteiger partial charge on any atom is -0.343 e. The highest BCUT2D eigenvalue weighted by Gasteiger charge is 2.21. The van der Waals surface area contributed by atoms with E-state index in [0.717, 1.165) is 39.1 Å². The van der Waals surface area contributed by atoms with Crippen LogP contribution in [0.15, 0.2) is 0 Å². The third-order valence-electron chi connectivity index (χ3n) is 3.77. The smallest absolute Gasteiger partial charge is 0.224 e. The normalized spacial score (nSPS) is 13.0. The highest BCUT2D eigenvalue weighted by molar-refractivity contribution is 5.76. The minimum absolute atomic E-state index is 0.162. The van der Waals surface area contributed by atoms with E-state index in [2.05, 4.69) is 30.8 Å². The summed E-state index contributed by atoms with van der Waals surface area (Å²) in [6.07, 6.45) is 1.64. The Morgan fingerprint density at radius 1 is 1.05 bits per heavy atom. The van der Waals surface area contributed by atoms with Gasteiger partial charge in [-0.25, -0.2) is 0 Å². The fourth-order valence-corrected chi connectivity index (χ4v) is 2.46. The second-order valence-corrected chi connectivity index (χ2v) is 5.45. The van der Waals surface area contributed by atoms with Crippen molar-refractivity contribution >= 4 is 5.91 Å². The summed E-state index contributed by atoms with van der Waals surface area (Å²) in [6, 6.07) is 0.162. The van der Waals surface area contributed by atoms with E-state index in [-0.39, 0.29) is 11.9 Å². The Hall–Kier alpha value is -0.650. The molecule has 0 spiro atoms. The molecular formula is C15H34N4O. The van der Waals surface area contributed by atoms with Crippen molar-refractivity contribution in [2.75, 3.05) is 53.4 Å². The lowest BCUT2D eigenvalue weighted by Crippen LogP contribution is -2.45. The fraction of sp³-hybridized carbons (Fsp3) is 0.933. The van der Waals surface area contributed by atoms with Gasteiger partial charge in [-0.15, -0.1) is 0 Å². The molecular weight excluding hydrogens is 252 g/mol. The van der Waals surface area contributed by atoms with Crippen LogP contribution in [0.25, 0.3) is 0 Å². The first-order valence-corrected chi connectivity index (χ1v) is 7.86. The minimum atomic E-state index is 0.162. The molecule has 2 N–H and O–H groups in total. The van der Waals surface area contributed by atoms with Crippen LogP contribution in [0.4, 0.5) is 0 Å². The molecule has 0 radical (unpaired) electrons. The van der Waals surface area contributed by atoms with Crippen molar-refractivity contribution in [3.8, 4) is 0 Å². The van der Waals surface area contributed by atoms with Crippen LogP contribution in [0, 0.1) is 0 Å². The topological polar surface area (TPSA) is 52.8 Å². The lowest BCUT2D eigenvalue weighted by Gasteiger charge is -2.31. The fourth-order valence-electron chi connectivity index (χ4n) is 2.46. The molecule has 0 aliphatic rings. The summed E-state index contributed by atoms with van der Waals surface area (Å²) in [5, 5.41) is 0. The lowest BCUT2D eigenvalue weighted by molar-refractivity contribution is -0.132. The molecule has 0 fully saturated rings. The van der Waals surface area contributed by atoms with Crippen molar-refractivity contribution in [1.82, 2.24) is 14.7 Å². The van der Waals surface area contributed by atoms with Gasteiger partial charge in [0.25, 0.3) is 0 Å². The Kier molecular flexibility index (Phi) is 10.7. The number of carbonyl (C=O) groups is 1. The van der Waals surface area contributed by atoms with Gasteiger partial charge in [-0.3, -0.25) is 9.69 Å². The molecule has 0 aliphatic heterocycles. The van der Waals surface area contributed by atoms with Crippen LogP contribution in [0.5, 0.6) is 0 Å². The van der Waals surface area contributed by atoms with Crippen molar-refractivity contribution in [2.45, 2.75) is 39.7 Å². The maximum atomic E-state index is 12.2. The second-order valence-electron chi connectivity index (χ2n) is 5.45. The average Bonchev–Trinajstić information content (AvgIpc) is 2.42. The van der Waals surface area contributed by atoms with E-state index < -0.39 is 0 Å². The van der Waals surface area contributed by atoms with Crippen LogP contribution >= 0.6 is 0 Å². The second kappa shape index (κ2) is 11.1. The van der Waals surface area contributed by atoms with Gasteiger partial charge in [-0.1, -0.05) is 6.92 Å². The van der Waals surface area contributed by atoms with E-state index >= 15 is 0 Å². The summed E-state index contributed by atoms with van der Waals surface area (Å²) in [5.74, 6) is 0.219. The number of nitrogens with two attached hydrogens (primary N) is 1. The highest BCUT2D eigenvalue weighted by atomic mass is 16.2. The summed E-state index contributed by atoms with van der Waals surface area (Å²) in [7, 11) is 4.17. The first-order valence-electron chi connectivity index (χ1n) is 7.86. The molecule has 1 amide bonds. The molecule has 5 nitrogen and oxygen atoms in total. The van der Waals surface area contributed by atoms with Crippen molar-refractivity contribution in [3.63, 3.8) is 0 Å². The monoisotopic (exact) mass is 286 g/mol. The molecule has 0 saturated carbocycles. The number of carbonyl (C=O) groups excluding carboxylic acids is 1. The summed E-state index contributed by atoms with van der Waals surface area (Å²) < 4.78 is 0. The first kappa shape index (κ1) is 19.4. The largest absolute Gasteiger partial charge is 0.343 e. The maximum Gasteiger partial charge on any atom is 0.224 e. The summed E-state index contributed by atoms with van der Waals surface area (Å²) in [6.45, 7) is 11.3. The van der Waals surface area contributed by atoms with E-state index in [1.807, 2.05) is 18.7 Å². The molecule has 0 saturated heterocycles. The van der Waals surface area contributed by atoms with Gasteiger partial charge in [0.05, 0.1) is 0 Å². The van der Waals surface area contributed by atoms with Crippen LogP contribution in [-0.4, -0.2) is 80.0 Å². The number of hydrogen-bond acceptors (Lipinski definition) is 4. The van der Waals surface area contributed by atoms with Gasteiger partial charge in [0.15, 0.2) is 0 Å². The van der Waals surface area contributed by atoms with Gasteiger partial charge in [0.2, 0.25) is 5.91 Å². The number of likely N-dealkylation sites (N-methyl/N-ethyl adjacent to an activating group) is 1. The van der Waals surface area contributed by atoms with E-state index in [4.69, 9.17) is 5.73 Å². The van der Waals surface area contributed by atoms with Crippen LogP contribution in [0.3, 0.4) is 0 Å². The number of nitrogens with zero attached hydrogens (tertiary/aromatic N) is 3.